The Balaban J connectivity index is 2.77. The monoisotopic (exact) mass is 220 g/mol. The summed E-state index contributed by atoms with van der Waals surface area (Å²) in [6, 6.07) is 3.73. The van der Waals surface area contributed by atoms with E-state index in [1.165, 1.54) is 17.4 Å². The first kappa shape index (κ1) is 9.78. The number of carbonyl (C=O) groups excluding carboxylic acids is 1. The highest BCUT2D eigenvalue weighted by Crippen LogP contribution is 2.23. The molecule has 0 aliphatic carbocycles. The van der Waals surface area contributed by atoms with Crippen LogP contribution in [0, 0.1) is 0 Å². The molecule has 0 aliphatic rings. The standard InChI is InChI=1S/C8H6Cl2OS/c9-5-6(11)4-7(10)8-2-1-3-12-8/h1-4H,5H2/b7-4-. The van der Waals surface area contributed by atoms with Crippen LogP contribution in [0.3, 0.4) is 0 Å². The van der Waals surface area contributed by atoms with Crippen molar-refractivity contribution >= 4 is 45.4 Å². The SMILES string of the molecule is O=C(/C=C(\Cl)c1cccs1)CCl. The Morgan fingerprint density at radius 3 is 2.92 bits per heavy atom. The normalized spacial score (nSPS) is 11.7. The molecule has 1 heterocycles. The van der Waals surface area contributed by atoms with E-state index in [9.17, 15) is 4.79 Å². The first-order valence-electron chi connectivity index (χ1n) is 3.24. The molecular formula is C8H6Cl2OS. The molecule has 4 heteroatoms. The average Bonchev–Trinajstić information content (AvgIpc) is 2.56. The molecule has 0 aromatic carbocycles. The fraction of sp³-hybridized carbons (Fsp3) is 0.125. The van der Waals surface area contributed by atoms with Crippen LogP contribution < -0.4 is 0 Å². The number of ketones is 1. The van der Waals surface area contributed by atoms with Gasteiger partial charge in [-0.25, -0.2) is 0 Å². The van der Waals surface area contributed by atoms with Crippen molar-refractivity contribution in [2.24, 2.45) is 0 Å². The van der Waals surface area contributed by atoms with Crippen LogP contribution >= 0.6 is 34.5 Å². The van der Waals surface area contributed by atoms with Crippen molar-refractivity contribution in [1.82, 2.24) is 0 Å². The second-order valence-corrected chi connectivity index (χ2v) is 3.69. The lowest BCUT2D eigenvalue weighted by atomic mass is 10.3. The van der Waals surface area contributed by atoms with E-state index in [0.29, 0.717) is 5.03 Å². The van der Waals surface area contributed by atoms with Crippen molar-refractivity contribution in [3.8, 4) is 0 Å². The molecule has 0 aliphatic heterocycles. The highest BCUT2D eigenvalue weighted by Gasteiger charge is 2.01. The van der Waals surface area contributed by atoms with E-state index >= 15 is 0 Å². The lowest BCUT2D eigenvalue weighted by Crippen LogP contribution is -1.92. The van der Waals surface area contributed by atoms with Crippen molar-refractivity contribution in [2.75, 3.05) is 5.88 Å². The Kier molecular flexibility index (Phi) is 3.79. The van der Waals surface area contributed by atoms with Gasteiger partial charge in [-0.3, -0.25) is 4.79 Å². The molecule has 0 unspecified atom stereocenters. The number of alkyl halides is 1. The zero-order valence-electron chi connectivity index (χ0n) is 6.09. The number of halogens is 2. The van der Waals surface area contributed by atoms with Crippen molar-refractivity contribution < 1.29 is 4.79 Å². The van der Waals surface area contributed by atoms with Crippen LogP contribution in [0.15, 0.2) is 23.6 Å². The molecule has 0 fully saturated rings. The number of hydrogen-bond donors (Lipinski definition) is 0. The van der Waals surface area contributed by atoms with Crippen molar-refractivity contribution in [2.45, 2.75) is 0 Å². The fourth-order valence-corrected chi connectivity index (χ4v) is 1.69. The Hall–Kier alpha value is -0.310. The van der Waals surface area contributed by atoms with Gasteiger partial charge >= 0.3 is 0 Å². The lowest BCUT2D eigenvalue weighted by Gasteiger charge is -1.91. The molecule has 12 heavy (non-hydrogen) atoms. The summed E-state index contributed by atoms with van der Waals surface area (Å²) in [7, 11) is 0. The Morgan fingerprint density at radius 1 is 1.67 bits per heavy atom. The predicted octanol–water partition coefficient (Wildman–Crippen LogP) is 3.14. The maximum absolute atomic E-state index is 10.8. The minimum Gasteiger partial charge on any atom is -0.293 e. The molecule has 64 valence electrons. The quantitative estimate of drug-likeness (QED) is 0.566. The molecule has 0 atom stereocenters. The van der Waals surface area contributed by atoms with Gasteiger partial charge in [-0.2, -0.15) is 0 Å². The number of carbonyl (C=O) groups is 1. The Morgan fingerprint density at radius 2 is 2.42 bits per heavy atom. The number of rotatable bonds is 3. The maximum Gasteiger partial charge on any atom is 0.171 e. The molecule has 1 rings (SSSR count). The van der Waals surface area contributed by atoms with Gasteiger partial charge in [0.15, 0.2) is 5.78 Å². The summed E-state index contributed by atoms with van der Waals surface area (Å²) in [6.45, 7) is 0. The number of thiophene rings is 1. The zero-order valence-corrected chi connectivity index (χ0v) is 8.42. The van der Waals surface area contributed by atoms with Crippen LogP contribution in [0.2, 0.25) is 0 Å². The van der Waals surface area contributed by atoms with E-state index in [1.54, 1.807) is 0 Å². The largest absolute Gasteiger partial charge is 0.293 e. The van der Waals surface area contributed by atoms with E-state index in [0.717, 1.165) is 4.88 Å². The van der Waals surface area contributed by atoms with Crippen LogP contribution in [0.5, 0.6) is 0 Å². The third kappa shape index (κ3) is 2.63. The van der Waals surface area contributed by atoms with E-state index in [1.807, 2.05) is 17.5 Å². The third-order valence-corrected chi connectivity index (χ3v) is 2.77. The zero-order chi connectivity index (χ0) is 8.97. The molecule has 0 saturated carbocycles. The van der Waals surface area contributed by atoms with Crippen molar-refractivity contribution in [3.63, 3.8) is 0 Å². The van der Waals surface area contributed by atoms with E-state index in [2.05, 4.69) is 0 Å². The van der Waals surface area contributed by atoms with Gasteiger partial charge in [0, 0.05) is 11.0 Å². The topological polar surface area (TPSA) is 17.1 Å². The summed E-state index contributed by atoms with van der Waals surface area (Å²) in [4.78, 5) is 11.7. The van der Waals surface area contributed by atoms with E-state index in [-0.39, 0.29) is 11.7 Å². The average molecular weight is 221 g/mol. The van der Waals surface area contributed by atoms with Crippen molar-refractivity contribution in [3.05, 3.63) is 28.5 Å². The molecule has 0 spiro atoms. The smallest absolute Gasteiger partial charge is 0.171 e. The van der Waals surface area contributed by atoms with Gasteiger partial charge in [0.25, 0.3) is 0 Å². The van der Waals surface area contributed by atoms with Gasteiger partial charge in [-0.1, -0.05) is 17.7 Å². The second-order valence-electron chi connectivity index (χ2n) is 2.07. The summed E-state index contributed by atoms with van der Waals surface area (Å²) in [5.74, 6) is -0.197. The Labute approximate surface area is 84.6 Å². The predicted molar refractivity (Wildman–Crippen MR) is 53.9 cm³/mol. The van der Waals surface area contributed by atoms with Gasteiger partial charge in [-0.15, -0.1) is 22.9 Å². The van der Waals surface area contributed by atoms with Crippen LogP contribution in [-0.4, -0.2) is 11.7 Å². The van der Waals surface area contributed by atoms with Crippen LogP contribution in [0.4, 0.5) is 0 Å². The molecular weight excluding hydrogens is 215 g/mol. The molecule has 1 nitrogen and oxygen atoms in total. The van der Waals surface area contributed by atoms with E-state index < -0.39 is 0 Å². The van der Waals surface area contributed by atoms with Crippen LogP contribution in [0.25, 0.3) is 5.03 Å². The maximum atomic E-state index is 10.8. The summed E-state index contributed by atoms with van der Waals surface area (Å²) in [5.41, 5.74) is 0. The summed E-state index contributed by atoms with van der Waals surface area (Å²) < 4.78 is 0. The van der Waals surface area contributed by atoms with E-state index in [4.69, 9.17) is 23.2 Å². The molecule has 0 radical (unpaired) electrons. The Bertz CT molecular complexity index is 290. The molecule has 0 bridgehead atoms. The van der Waals surface area contributed by atoms with Gasteiger partial charge in [0.1, 0.15) is 0 Å². The third-order valence-electron chi connectivity index (χ3n) is 1.18. The van der Waals surface area contributed by atoms with Gasteiger partial charge in [-0.05, 0) is 11.4 Å². The summed E-state index contributed by atoms with van der Waals surface area (Å²) >= 11 is 12.6. The van der Waals surface area contributed by atoms with Crippen LogP contribution in [-0.2, 0) is 4.79 Å². The van der Waals surface area contributed by atoms with Gasteiger partial charge < -0.3 is 0 Å². The van der Waals surface area contributed by atoms with Crippen molar-refractivity contribution in [1.29, 1.82) is 0 Å². The minimum absolute atomic E-state index is 0.0262. The second kappa shape index (κ2) is 4.65. The minimum atomic E-state index is -0.171. The molecule has 0 saturated heterocycles. The highest BCUT2D eigenvalue weighted by atomic mass is 35.5. The molecule has 0 N–H and O–H groups in total. The fourth-order valence-electron chi connectivity index (χ4n) is 0.666. The number of hydrogen-bond acceptors (Lipinski definition) is 2. The summed E-state index contributed by atoms with van der Waals surface area (Å²) in [6.07, 6.45) is 1.35. The first-order chi connectivity index (χ1) is 5.74. The summed E-state index contributed by atoms with van der Waals surface area (Å²) in [5, 5.41) is 2.35. The highest BCUT2D eigenvalue weighted by molar-refractivity contribution is 7.12. The molecule has 0 amide bonds. The first-order valence-corrected chi connectivity index (χ1v) is 5.03. The van der Waals surface area contributed by atoms with Crippen LogP contribution in [0.1, 0.15) is 4.88 Å². The lowest BCUT2D eigenvalue weighted by molar-refractivity contribution is -0.112. The molecule has 1 aromatic rings. The van der Waals surface area contributed by atoms with Gasteiger partial charge in [0.05, 0.1) is 10.9 Å². The number of allylic oxidation sites excluding steroid dienone is 1. The molecule has 1 aromatic heterocycles. The van der Waals surface area contributed by atoms with Gasteiger partial charge in [0.2, 0.25) is 0 Å².